The molecule has 3 nitrogen and oxygen atoms in total. The molecular weight excluding hydrogens is 372 g/mol. The van der Waals surface area contributed by atoms with Gasteiger partial charge in [0.05, 0.1) is 5.56 Å². The van der Waals surface area contributed by atoms with Crippen LogP contribution in [0.3, 0.4) is 0 Å². The van der Waals surface area contributed by atoms with Crippen LogP contribution in [0.4, 0.5) is 23.2 Å². The van der Waals surface area contributed by atoms with Crippen LogP contribution < -0.4 is 5.32 Å². The summed E-state index contributed by atoms with van der Waals surface area (Å²) in [4.78, 5) is 0. The highest BCUT2D eigenvalue weighted by Crippen LogP contribution is 2.37. The van der Waals surface area contributed by atoms with Gasteiger partial charge < -0.3 is 10.5 Å². The average molecular weight is 394 g/mol. The molecule has 0 unspecified atom stereocenters. The lowest BCUT2D eigenvalue weighted by atomic mass is 9.77. The Morgan fingerprint density at radius 1 is 1.04 bits per heavy atom. The lowest BCUT2D eigenvalue weighted by Gasteiger charge is -2.29. The van der Waals surface area contributed by atoms with Crippen LogP contribution in [0.15, 0.2) is 53.7 Å². The zero-order valence-electron chi connectivity index (χ0n) is 15.2. The van der Waals surface area contributed by atoms with Gasteiger partial charge in [0.1, 0.15) is 11.7 Å². The predicted octanol–water partition coefficient (Wildman–Crippen LogP) is 6.41. The summed E-state index contributed by atoms with van der Waals surface area (Å²) in [5.41, 5.74) is 0.131. The minimum atomic E-state index is -4.74. The summed E-state index contributed by atoms with van der Waals surface area (Å²) >= 11 is 0. The minimum absolute atomic E-state index is 0.122. The van der Waals surface area contributed by atoms with Gasteiger partial charge >= 0.3 is 6.18 Å². The molecule has 0 spiro atoms. The van der Waals surface area contributed by atoms with Gasteiger partial charge in [-0.15, -0.1) is 0 Å². The van der Waals surface area contributed by atoms with Crippen molar-refractivity contribution >= 4 is 11.5 Å². The number of anilines is 1. The van der Waals surface area contributed by atoms with E-state index in [-0.39, 0.29) is 11.5 Å². The Labute approximate surface area is 161 Å². The molecule has 1 aliphatic rings. The third-order valence-electron chi connectivity index (χ3n) is 5.28. The normalized spacial score (nSPS) is 20.8. The minimum Gasteiger partial charge on any atom is -0.409 e. The van der Waals surface area contributed by atoms with Crippen molar-refractivity contribution in [2.75, 3.05) is 5.32 Å². The summed E-state index contributed by atoms with van der Waals surface area (Å²) < 4.78 is 51.6. The Morgan fingerprint density at radius 3 is 2.29 bits per heavy atom. The lowest BCUT2D eigenvalue weighted by Crippen LogP contribution is -2.21. The number of hydrogen-bond donors (Lipinski definition) is 2. The quantitative estimate of drug-likeness (QED) is 0.207. The van der Waals surface area contributed by atoms with Crippen LogP contribution in [0, 0.1) is 11.7 Å². The zero-order valence-corrected chi connectivity index (χ0v) is 15.2. The van der Waals surface area contributed by atoms with Crippen molar-refractivity contribution in [2.45, 2.75) is 44.2 Å². The van der Waals surface area contributed by atoms with Crippen molar-refractivity contribution in [3.05, 3.63) is 65.5 Å². The molecule has 0 heterocycles. The van der Waals surface area contributed by atoms with Crippen LogP contribution in [-0.2, 0) is 6.18 Å². The maximum Gasteiger partial charge on any atom is 0.419 e. The molecule has 2 N–H and O–H groups in total. The van der Waals surface area contributed by atoms with Crippen LogP contribution in [-0.4, -0.2) is 11.0 Å². The zero-order chi connectivity index (χ0) is 20.1. The molecule has 2 aromatic rings. The number of nitrogens with zero attached hydrogens (tertiary/aromatic N) is 1. The Hall–Kier alpha value is -2.57. The molecule has 1 saturated carbocycles. The van der Waals surface area contributed by atoms with Gasteiger partial charge in [0.2, 0.25) is 0 Å². The molecule has 7 heteroatoms. The standard InChI is InChI=1S/C21H22F4N2O/c22-19-13-17(10-11-18(19)21(23,24)25)26-20(27-28)12-14-6-8-16(9-7-14)15-4-2-1-3-5-15/h1-5,10-11,13-14,16,28H,6-9,12H2,(H,26,27)/t14-,16+. The van der Waals surface area contributed by atoms with Crippen molar-refractivity contribution in [1.29, 1.82) is 0 Å². The van der Waals surface area contributed by atoms with E-state index < -0.39 is 17.6 Å². The lowest BCUT2D eigenvalue weighted by molar-refractivity contribution is -0.139. The van der Waals surface area contributed by atoms with E-state index in [4.69, 9.17) is 0 Å². The summed E-state index contributed by atoms with van der Waals surface area (Å²) in [7, 11) is 0. The van der Waals surface area contributed by atoms with Crippen LogP contribution in [0.5, 0.6) is 0 Å². The van der Waals surface area contributed by atoms with Crippen LogP contribution in [0.1, 0.15) is 49.1 Å². The molecule has 3 rings (SSSR count). The molecule has 0 atom stereocenters. The molecule has 2 aromatic carbocycles. The highest BCUT2D eigenvalue weighted by molar-refractivity contribution is 5.95. The second kappa shape index (κ2) is 8.63. The fourth-order valence-electron chi connectivity index (χ4n) is 3.80. The molecule has 150 valence electrons. The maximum atomic E-state index is 13.7. The Balaban J connectivity index is 1.56. The van der Waals surface area contributed by atoms with E-state index in [1.807, 2.05) is 18.2 Å². The number of hydrogen-bond acceptors (Lipinski definition) is 2. The van der Waals surface area contributed by atoms with Gasteiger partial charge in [-0.2, -0.15) is 13.2 Å². The van der Waals surface area contributed by atoms with Crippen molar-refractivity contribution < 1.29 is 22.8 Å². The summed E-state index contributed by atoms with van der Waals surface area (Å²) in [5, 5.41) is 15.2. The van der Waals surface area contributed by atoms with Gasteiger partial charge in [-0.25, -0.2) is 4.39 Å². The molecule has 0 saturated heterocycles. The second-order valence-corrected chi connectivity index (χ2v) is 7.20. The van der Waals surface area contributed by atoms with Crippen molar-refractivity contribution in [3.8, 4) is 0 Å². The summed E-state index contributed by atoms with van der Waals surface area (Å²) in [6.45, 7) is 0. The molecule has 0 aromatic heterocycles. The highest BCUT2D eigenvalue weighted by Gasteiger charge is 2.34. The van der Waals surface area contributed by atoms with Gasteiger partial charge in [0, 0.05) is 12.1 Å². The smallest absolute Gasteiger partial charge is 0.409 e. The van der Waals surface area contributed by atoms with Crippen molar-refractivity contribution in [2.24, 2.45) is 11.1 Å². The van der Waals surface area contributed by atoms with E-state index in [0.29, 0.717) is 24.3 Å². The van der Waals surface area contributed by atoms with Crippen molar-refractivity contribution in [1.82, 2.24) is 0 Å². The van der Waals surface area contributed by atoms with E-state index in [1.54, 1.807) is 0 Å². The van der Waals surface area contributed by atoms with Gasteiger partial charge in [-0.1, -0.05) is 35.5 Å². The van der Waals surface area contributed by atoms with E-state index in [9.17, 15) is 22.8 Å². The largest absolute Gasteiger partial charge is 0.419 e. The van der Waals surface area contributed by atoms with E-state index >= 15 is 0 Å². The van der Waals surface area contributed by atoms with Gasteiger partial charge in [0.15, 0.2) is 0 Å². The topological polar surface area (TPSA) is 44.6 Å². The Kier molecular flexibility index (Phi) is 6.21. The van der Waals surface area contributed by atoms with Crippen molar-refractivity contribution in [3.63, 3.8) is 0 Å². The maximum absolute atomic E-state index is 13.7. The first-order valence-corrected chi connectivity index (χ1v) is 9.26. The average Bonchev–Trinajstić information content (AvgIpc) is 2.68. The highest BCUT2D eigenvalue weighted by atomic mass is 19.4. The summed E-state index contributed by atoms with van der Waals surface area (Å²) in [6, 6.07) is 12.9. The molecule has 1 aliphatic carbocycles. The summed E-state index contributed by atoms with van der Waals surface area (Å²) in [5.74, 6) is -0.318. The van der Waals surface area contributed by atoms with Crippen LogP contribution >= 0.6 is 0 Å². The first-order valence-electron chi connectivity index (χ1n) is 9.26. The first-order chi connectivity index (χ1) is 13.4. The molecular formula is C21H22F4N2O. The van der Waals surface area contributed by atoms with Gasteiger partial charge in [-0.3, -0.25) is 0 Å². The number of oxime groups is 1. The molecule has 0 amide bonds. The fraction of sp³-hybridized carbons (Fsp3) is 0.381. The van der Waals surface area contributed by atoms with E-state index in [0.717, 1.165) is 37.8 Å². The first kappa shape index (κ1) is 20.2. The number of halogens is 4. The number of rotatable bonds is 4. The molecule has 1 fully saturated rings. The fourth-order valence-corrected chi connectivity index (χ4v) is 3.80. The second-order valence-electron chi connectivity index (χ2n) is 7.20. The number of alkyl halides is 3. The number of benzene rings is 2. The molecule has 0 radical (unpaired) electrons. The summed E-state index contributed by atoms with van der Waals surface area (Å²) in [6.07, 6.45) is -0.303. The molecule has 28 heavy (non-hydrogen) atoms. The molecule has 0 aliphatic heterocycles. The number of nitrogens with one attached hydrogen (secondary N) is 1. The number of amidine groups is 1. The monoisotopic (exact) mass is 394 g/mol. The third kappa shape index (κ3) is 5.03. The Bertz CT molecular complexity index is 813. The van der Waals surface area contributed by atoms with Gasteiger partial charge in [0.25, 0.3) is 0 Å². The van der Waals surface area contributed by atoms with Gasteiger partial charge in [-0.05, 0) is 61.3 Å². The van der Waals surface area contributed by atoms with E-state index in [1.165, 1.54) is 5.56 Å². The Morgan fingerprint density at radius 2 is 1.71 bits per heavy atom. The predicted molar refractivity (Wildman–Crippen MR) is 100 cm³/mol. The molecule has 0 bridgehead atoms. The third-order valence-corrected chi connectivity index (χ3v) is 5.28. The van der Waals surface area contributed by atoms with E-state index in [2.05, 4.69) is 22.6 Å². The SMILES string of the molecule is ON=C(C[C@H]1CC[C@@H](c2ccccc2)CC1)Nc1ccc(C(F)(F)F)c(F)c1. The van der Waals surface area contributed by atoms with Crippen LogP contribution in [0.25, 0.3) is 0 Å². The van der Waals surface area contributed by atoms with Crippen LogP contribution in [0.2, 0.25) is 0 Å².